The van der Waals surface area contributed by atoms with Crippen LogP contribution in [0.4, 0.5) is 0 Å². The fourth-order valence-electron chi connectivity index (χ4n) is 3.96. The van der Waals surface area contributed by atoms with Gasteiger partial charge in [0.05, 0.1) is 5.92 Å². The summed E-state index contributed by atoms with van der Waals surface area (Å²) in [6.45, 7) is 1.82. The van der Waals surface area contributed by atoms with Crippen molar-refractivity contribution in [1.82, 2.24) is 10.2 Å². The lowest BCUT2D eigenvalue weighted by molar-refractivity contribution is -0.126. The molecule has 3 aromatic carbocycles. The van der Waals surface area contributed by atoms with Crippen molar-refractivity contribution in [3.8, 4) is 0 Å². The van der Waals surface area contributed by atoms with Gasteiger partial charge in [0.25, 0.3) is 5.91 Å². The predicted octanol–water partition coefficient (Wildman–Crippen LogP) is 4.60. The fourth-order valence-corrected chi connectivity index (χ4v) is 4.75. The molecule has 1 aliphatic rings. The first kappa shape index (κ1) is 20.5. The molecule has 154 valence electrons. The summed E-state index contributed by atoms with van der Waals surface area (Å²) in [4.78, 5) is 28.9. The molecule has 0 radical (unpaired) electrons. The van der Waals surface area contributed by atoms with Gasteiger partial charge in [-0.3, -0.25) is 9.59 Å². The van der Waals surface area contributed by atoms with Crippen LogP contribution in [0.2, 0.25) is 0 Å². The highest BCUT2D eigenvalue weighted by atomic mass is 32.2. The van der Waals surface area contributed by atoms with Gasteiger partial charge in [0.1, 0.15) is 0 Å². The SMILES string of the molecule is O=C(NCCSc1ccccc1)C1CCCN(C(=O)c2cccc3ccccc23)C1. The molecule has 0 spiro atoms. The largest absolute Gasteiger partial charge is 0.355 e. The fraction of sp³-hybridized carbons (Fsp3) is 0.280. The van der Waals surface area contributed by atoms with Crippen molar-refractivity contribution in [3.63, 3.8) is 0 Å². The van der Waals surface area contributed by atoms with Crippen LogP contribution in [-0.2, 0) is 4.79 Å². The van der Waals surface area contributed by atoms with Crippen LogP contribution >= 0.6 is 11.8 Å². The molecular weight excluding hydrogens is 392 g/mol. The molecule has 1 atom stereocenters. The molecular formula is C25H26N2O2S. The maximum absolute atomic E-state index is 13.2. The topological polar surface area (TPSA) is 49.4 Å². The summed E-state index contributed by atoms with van der Waals surface area (Å²) >= 11 is 1.73. The number of carbonyl (C=O) groups excluding carboxylic acids is 2. The Bertz CT molecular complexity index is 1020. The summed E-state index contributed by atoms with van der Waals surface area (Å²) < 4.78 is 0. The molecule has 4 nitrogen and oxygen atoms in total. The van der Waals surface area contributed by atoms with E-state index in [1.54, 1.807) is 11.8 Å². The third kappa shape index (κ3) is 4.85. The maximum Gasteiger partial charge on any atom is 0.254 e. The van der Waals surface area contributed by atoms with Gasteiger partial charge in [-0.25, -0.2) is 0 Å². The van der Waals surface area contributed by atoms with Crippen LogP contribution in [0.3, 0.4) is 0 Å². The molecule has 3 aromatic rings. The highest BCUT2D eigenvalue weighted by Crippen LogP contribution is 2.24. The number of carbonyl (C=O) groups is 2. The monoisotopic (exact) mass is 418 g/mol. The molecule has 1 saturated heterocycles. The van der Waals surface area contributed by atoms with Crippen molar-refractivity contribution in [2.75, 3.05) is 25.4 Å². The molecule has 30 heavy (non-hydrogen) atoms. The Kier molecular flexibility index (Phi) is 6.70. The molecule has 1 fully saturated rings. The molecule has 5 heteroatoms. The number of nitrogens with zero attached hydrogens (tertiary/aromatic N) is 1. The lowest BCUT2D eigenvalue weighted by Gasteiger charge is -2.32. The van der Waals surface area contributed by atoms with Gasteiger partial charge < -0.3 is 10.2 Å². The van der Waals surface area contributed by atoms with E-state index in [0.717, 1.165) is 29.4 Å². The van der Waals surface area contributed by atoms with Crippen LogP contribution in [0.25, 0.3) is 10.8 Å². The van der Waals surface area contributed by atoms with Gasteiger partial charge in [0, 0.05) is 35.8 Å². The second-order valence-electron chi connectivity index (χ2n) is 7.57. The predicted molar refractivity (Wildman–Crippen MR) is 123 cm³/mol. The van der Waals surface area contributed by atoms with Gasteiger partial charge in [-0.05, 0) is 41.8 Å². The average molecular weight is 419 g/mol. The summed E-state index contributed by atoms with van der Waals surface area (Å²) in [6.07, 6.45) is 1.68. The van der Waals surface area contributed by atoms with Crippen molar-refractivity contribution < 1.29 is 9.59 Å². The number of piperidine rings is 1. The number of hydrogen-bond donors (Lipinski definition) is 1. The Morgan fingerprint density at radius 2 is 1.73 bits per heavy atom. The van der Waals surface area contributed by atoms with Gasteiger partial charge in [-0.2, -0.15) is 0 Å². The van der Waals surface area contributed by atoms with Crippen LogP contribution in [0.1, 0.15) is 23.2 Å². The minimum Gasteiger partial charge on any atom is -0.355 e. The Morgan fingerprint density at radius 3 is 2.60 bits per heavy atom. The number of thioether (sulfide) groups is 1. The van der Waals surface area contributed by atoms with Crippen LogP contribution in [0.15, 0.2) is 77.7 Å². The van der Waals surface area contributed by atoms with Crippen molar-refractivity contribution in [3.05, 3.63) is 78.4 Å². The lowest BCUT2D eigenvalue weighted by atomic mass is 9.95. The van der Waals surface area contributed by atoms with E-state index in [1.165, 1.54) is 4.90 Å². The summed E-state index contributed by atoms with van der Waals surface area (Å²) in [5.41, 5.74) is 0.716. The molecule has 4 rings (SSSR count). The Morgan fingerprint density at radius 1 is 0.967 bits per heavy atom. The van der Waals surface area contributed by atoms with E-state index in [0.29, 0.717) is 25.2 Å². The standard InChI is InChI=1S/C25H26N2O2S/c28-24(26-15-17-30-21-11-2-1-3-12-21)20-10-7-16-27(18-20)25(29)23-14-6-9-19-8-4-5-13-22(19)23/h1-6,8-9,11-14,20H,7,10,15-18H2,(H,26,28). The first-order chi connectivity index (χ1) is 14.7. The molecule has 1 heterocycles. The third-order valence-electron chi connectivity index (χ3n) is 5.51. The number of fused-ring (bicyclic) bond motifs is 1. The molecule has 0 aromatic heterocycles. The Hall–Kier alpha value is -2.79. The molecule has 1 aliphatic heterocycles. The summed E-state index contributed by atoms with van der Waals surface area (Å²) in [6, 6.07) is 24.0. The minimum atomic E-state index is -0.139. The third-order valence-corrected chi connectivity index (χ3v) is 6.53. The van der Waals surface area contributed by atoms with Crippen molar-refractivity contribution in [1.29, 1.82) is 0 Å². The smallest absolute Gasteiger partial charge is 0.254 e. The van der Waals surface area contributed by atoms with Crippen LogP contribution in [0.5, 0.6) is 0 Å². The zero-order valence-electron chi connectivity index (χ0n) is 16.9. The Labute approximate surface area is 181 Å². The zero-order valence-corrected chi connectivity index (χ0v) is 17.7. The van der Waals surface area contributed by atoms with Crippen molar-refractivity contribution in [2.45, 2.75) is 17.7 Å². The quantitative estimate of drug-likeness (QED) is 0.470. The highest BCUT2D eigenvalue weighted by molar-refractivity contribution is 7.99. The second-order valence-corrected chi connectivity index (χ2v) is 8.74. The number of likely N-dealkylation sites (tertiary alicyclic amines) is 1. The van der Waals surface area contributed by atoms with Crippen molar-refractivity contribution in [2.24, 2.45) is 5.92 Å². The molecule has 0 aliphatic carbocycles. The number of hydrogen-bond acceptors (Lipinski definition) is 3. The van der Waals surface area contributed by atoms with E-state index < -0.39 is 0 Å². The number of amides is 2. The molecule has 0 saturated carbocycles. The van der Waals surface area contributed by atoms with Crippen LogP contribution < -0.4 is 5.32 Å². The number of nitrogens with one attached hydrogen (secondary N) is 1. The molecule has 1 N–H and O–H groups in total. The van der Waals surface area contributed by atoms with E-state index in [2.05, 4.69) is 17.4 Å². The van der Waals surface area contributed by atoms with Gasteiger partial charge in [-0.15, -0.1) is 11.8 Å². The second kappa shape index (κ2) is 9.81. The maximum atomic E-state index is 13.2. The van der Waals surface area contributed by atoms with Crippen LogP contribution in [-0.4, -0.2) is 42.1 Å². The normalized spacial score (nSPS) is 16.4. The van der Waals surface area contributed by atoms with Crippen LogP contribution in [0, 0.1) is 5.92 Å². The van der Waals surface area contributed by atoms with Crippen molar-refractivity contribution >= 4 is 34.3 Å². The summed E-state index contributed by atoms with van der Waals surface area (Å²) in [5.74, 6) is 0.767. The van der Waals surface area contributed by atoms with Gasteiger partial charge >= 0.3 is 0 Å². The highest BCUT2D eigenvalue weighted by Gasteiger charge is 2.29. The summed E-state index contributed by atoms with van der Waals surface area (Å²) in [5, 5.41) is 5.08. The van der Waals surface area contributed by atoms with E-state index in [4.69, 9.17) is 0 Å². The first-order valence-corrected chi connectivity index (χ1v) is 11.4. The molecule has 0 bridgehead atoms. The van der Waals surface area contributed by atoms with Gasteiger partial charge in [0.2, 0.25) is 5.91 Å². The van der Waals surface area contributed by atoms with E-state index in [9.17, 15) is 9.59 Å². The zero-order chi connectivity index (χ0) is 20.8. The Balaban J connectivity index is 1.33. The minimum absolute atomic E-state index is 0.0175. The number of rotatable bonds is 6. The molecule has 1 unspecified atom stereocenters. The molecule has 2 amide bonds. The summed E-state index contributed by atoms with van der Waals surface area (Å²) in [7, 11) is 0. The van der Waals surface area contributed by atoms with E-state index >= 15 is 0 Å². The number of benzene rings is 3. The van der Waals surface area contributed by atoms with Gasteiger partial charge in [-0.1, -0.05) is 54.6 Å². The first-order valence-electron chi connectivity index (χ1n) is 10.4. The average Bonchev–Trinajstić information content (AvgIpc) is 2.81. The lowest BCUT2D eigenvalue weighted by Crippen LogP contribution is -2.45. The van der Waals surface area contributed by atoms with E-state index in [-0.39, 0.29) is 17.7 Å². The van der Waals surface area contributed by atoms with Gasteiger partial charge in [0.15, 0.2) is 0 Å². The van der Waals surface area contributed by atoms with E-state index in [1.807, 2.05) is 65.6 Å².